The molecule has 0 fully saturated rings. The van der Waals surface area contributed by atoms with Crippen LogP contribution < -0.4 is 14.9 Å². The van der Waals surface area contributed by atoms with Crippen LogP contribution >= 0.6 is 0 Å². The third kappa shape index (κ3) is 3.92. The standard InChI is InChI=1S/C25H24N4O3S/c1-29-20-14-6-5-13-19(20)22(17-9-3-2-4-10-17)27-24(25(29)30)28-33(31,32)21-15-7-11-18-12-8-16-26-23(18)21/h2-7,9-11,13-15,24,26,28H,8,12,16H2,1H3. The zero-order valence-corrected chi connectivity index (χ0v) is 19.0. The number of fused-ring (bicyclic) bond motifs is 2. The van der Waals surface area contributed by atoms with Crippen LogP contribution in [-0.2, 0) is 21.2 Å². The van der Waals surface area contributed by atoms with Gasteiger partial charge in [0.1, 0.15) is 4.90 Å². The number of hydrogen-bond acceptors (Lipinski definition) is 5. The number of amides is 1. The molecule has 168 valence electrons. The summed E-state index contributed by atoms with van der Waals surface area (Å²) in [7, 11) is -2.40. The summed E-state index contributed by atoms with van der Waals surface area (Å²) in [6, 6.07) is 22.1. The van der Waals surface area contributed by atoms with Gasteiger partial charge in [0.15, 0.2) is 6.17 Å². The van der Waals surface area contributed by atoms with E-state index < -0.39 is 22.1 Å². The summed E-state index contributed by atoms with van der Waals surface area (Å²) >= 11 is 0. The molecule has 0 bridgehead atoms. The van der Waals surface area contributed by atoms with Gasteiger partial charge in [0.2, 0.25) is 10.0 Å². The van der Waals surface area contributed by atoms with Crippen molar-refractivity contribution in [1.29, 1.82) is 0 Å². The average molecular weight is 461 g/mol. The Morgan fingerprint density at radius 2 is 1.76 bits per heavy atom. The van der Waals surface area contributed by atoms with Gasteiger partial charge in [-0.3, -0.25) is 9.79 Å². The third-order valence-electron chi connectivity index (χ3n) is 5.98. The molecule has 3 aromatic rings. The Balaban J connectivity index is 1.60. The van der Waals surface area contributed by atoms with Gasteiger partial charge in [-0.15, -0.1) is 0 Å². The molecule has 2 aliphatic heterocycles. The number of sulfonamides is 1. The van der Waals surface area contributed by atoms with Crippen LogP contribution in [-0.4, -0.2) is 39.8 Å². The Morgan fingerprint density at radius 3 is 2.58 bits per heavy atom. The molecule has 2 aliphatic rings. The van der Waals surface area contributed by atoms with Crippen molar-refractivity contribution in [1.82, 2.24) is 4.72 Å². The second-order valence-corrected chi connectivity index (χ2v) is 9.78. The highest BCUT2D eigenvalue weighted by Crippen LogP contribution is 2.31. The number of aliphatic imine (C=N–C) groups is 1. The minimum atomic E-state index is -4.03. The lowest BCUT2D eigenvalue weighted by Crippen LogP contribution is -2.46. The molecule has 7 nitrogen and oxygen atoms in total. The second-order valence-electron chi connectivity index (χ2n) is 8.10. The van der Waals surface area contributed by atoms with Crippen molar-refractivity contribution >= 4 is 33.0 Å². The highest BCUT2D eigenvalue weighted by atomic mass is 32.2. The molecular formula is C25H24N4O3S. The van der Waals surface area contributed by atoms with Gasteiger partial charge in [-0.1, -0.05) is 60.7 Å². The molecule has 3 aromatic carbocycles. The number of hydrogen-bond donors (Lipinski definition) is 2. The summed E-state index contributed by atoms with van der Waals surface area (Å²) < 4.78 is 29.5. The van der Waals surface area contributed by atoms with Crippen molar-refractivity contribution in [2.75, 3.05) is 23.8 Å². The van der Waals surface area contributed by atoms with Crippen LogP contribution in [0.25, 0.3) is 0 Å². The average Bonchev–Trinajstić information content (AvgIpc) is 2.95. The fourth-order valence-corrected chi connectivity index (χ4v) is 5.64. The van der Waals surface area contributed by atoms with Gasteiger partial charge in [0.05, 0.1) is 17.1 Å². The summed E-state index contributed by atoms with van der Waals surface area (Å²) in [6.07, 6.45) is 0.448. The number of benzodiazepines with no additional fused rings is 1. The van der Waals surface area contributed by atoms with Gasteiger partial charge in [0.25, 0.3) is 5.91 Å². The minimum Gasteiger partial charge on any atom is -0.384 e. The Kier molecular flexibility index (Phi) is 5.47. The molecule has 0 aliphatic carbocycles. The lowest BCUT2D eigenvalue weighted by molar-refractivity contribution is -0.119. The van der Waals surface area contributed by atoms with E-state index in [-0.39, 0.29) is 4.90 Å². The first-order valence-corrected chi connectivity index (χ1v) is 12.3. The summed E-state index contributed by atoms with van der Waals surface area (Å²) in [5.74, 6) is -0.449. The van der Waals surface area contributed by atoms with E-state index in [0.717, 1.165) is 29.5 Å². The minimum absolute atomic E-state index is 0.133. The largest absolute Gasteiger partial charge is 0.384 e. The molecule has 2 heterocycles. The molecule has 0 spiro atoms. The highest BCUT2D eigenvalue weighted by Gasteiger charge is 2.34. The number of nitrogens with one attached hydrogen (secondary N) is 2. The molecule has 2 N–H and O–H groups in total. The van der Waals surface area contributed by atoms with E-state index in [0.29, 0.717) is 23.6 Å². The maximum Gasteiger partial charge on any atom is 0.267 e. The van der Waals surface area contributed by atoms with Crippen molar-refractivity contribution in [3.63, 3.8) is 0 Å². The molecule has 33 heavy (non-hydrogen) atoms. The SMILES string of the molecule is CN1C(=O)C(NS(=O)(=O)c2cccc3c2NCCC3)N=C(c2ccccc2)c2ccccc21. The lowest BCUT2D eigenvalue weighted by Gasteiger charge is -2.23. The van der Waals surface area contributed by atoms with Crippen molar-refractivity contribution in [3.05, 3.63) is 89.5 Å². The third-order valence-corrected chi connectivity index (χ3v) is 7.44. The normalized spacial score (nSPS) is 18.0. The summed E-state index contributed by atoms with van der Waals surface area (Å²) in [4.78, 5) is 19.6. The number of rotatable bonds is 4. The van der Waals surface area contributed by atoms with Crippen LogP contribution in [0.15, 0.2) is 82.7 Å². The fourth-order valence-electron chi connectivity index (χ4n) is 4.34. The molecule has 0 aromatic heterocycles. The zero-order chi connectivity index (χ0) is 23.0. The van der Waals surface area contributed by atoms with E-state index >= 15 is 0 Å². The maximum atomic E-state index is 13.5. The molecule has 1 amide bonds. The van der Waals surface area contributed by atoms with Gasteiger partial charge in [-0.25, -0.2) is 8.42 Å². The predicted octanol–water partition coefficient (Wildman–Crippen LogP) is 3.16. The van der Waals surface area contributed by atoms with E-state index in [4.69, 9.17) is 0 Å². The van der Waals surface area contributed by atoms with Crippen LogP contribution in [0.5, 0.6) is 0 Å². The maximum absolute atomic E-state index is 13.5. The Labute approximate surface area is 193 Å². The van der Waals surface area contributed by atoms with E-state index in [9.17, 15) is 13.2 Å². The number of carbonyl (C=O) groups excluding carboxylic acids is 1. The van der Waals surface area contributed by atoms with Crippen molar-refractivity contribution in [2.24, 2.45) is 4.99 Å². The number of likely N-dealkylation sites (N-methyl/N-ethyl adjacent to an activating group) is 1. The first-order chi connectivity index (χ1) is 16.0. The molecule has 5 rings (SSSR count). The predicted molar refractivity (Wildman–Crippen MR) is 129 cm³/mol. The number of para-hydroxylation sites is 2. The summed E-state index contributed by atoms with van der Waals surface area (Å²) in [6.45, 7) is 0.705. The summed E-state index contributed by atoms with van der Waals surface area (Å²) in [5, 5.41) is 3.21. The summed E-state index contributed by atoms with van der Waals surface area (Å²) in [5.41, 5.74) is 4.35. The monoisotopic (exact) mass is 460 g/mol. The number of aryl methyl sites for hydroxylation is 1. The van der Waals surface area contributed by atoms with E-state index in [1.54, 1.807) is 19.2 Å². The van der Waals surface area contributed by atoms with Crippen LogP contribution in [0.2, 0.25) is 0 Å². The molecule has 0 saturated heterocycles. The van der Waals surface area contributed by atoms with Gasteiger partial charge >= 0.3 is 0 Å². The van der Waals surface area contributed by atoms with Crippen LogP contribution in [0.4, 0.5) is 11.4 Å². The quantitative estimate of drug-likeness (QED) is 0.626. The van der Waals surface area contributed by atoms with E-state index in [2.05, 4.69) is 15.0 Å². The molecule has 8 heteroatoms. The molecule has 0 saturated carbocycles. The van der Waals surface area contributed by atoms with Gasteiger partial charge in [0, 0.05) is 24.7 Å². The molecular weight excluding hydrogens is 436 g/mol. The first kappa shape index (κ1) is 21.4. The topological polar surface area (TPSA) is 90.9 Å². The zero-order valence-electron chi connectivity index (χ0n) is 18.2. The number of carbonyl (C=O) groups is 1. The highest BCUT2D eigenvalue weighted by molar-refractivity contribution is 7.89. The van der Waals surface area contributed by atoms with Crippen molar-refractivity contribution < 1.29 is 13.2 Å². The van der Waals surface area contributed by atoms with Crippen molar-refractivity contribution in [3.8, 4) is 0 Å². The number of nitrogens with zero attached hydrogens (tertiary/aromatic N) is 2. The number of benzene rings is 3. The van der Waals surface area contributed by atoms with Gasteiger partial charge < -0.3 is 10.2 Å². The van der Waals surface area contributed by atoms with Crippen LogP contribution in [0, 0.1) is 0 Å². The van der Waals surface area contributed by atoms with Crippen molar-refractivity contribution in [2.45, 2.75) is 23.9 Å². The molecule has 1 unspecified atom stereocenters. The van der Waals surface area contributed by atoms with Crippen LogP contribution in [0.3, 0.4) is 0 Å². The smallest absolute Gasteiger partial charge is 0.267 e. The molecule has 1 atom stereocenters. The van der Waals surface area contributed by atoms with E-state index in [1.165, 1.54) is 4.90 Å². The van der Waals surface area contributed by atoms with Gasteiger partial charge in [-0.2, -0.15) is 4.72 Å². The fraction of sp³-hybridized carbons (Fsp3) is 0.200. The second kappa shape index (κ2) is 8.46. The Morgan fingerprint density at radius 1 is 1.00 bits per heavy atom. The molecule has 0 radical (unpaired) electrons. The Bertz CT molecular complexity index is 1350. The van der Waals surface area contributed by atoms with Crippen LogP contribution in [0.1, 0.15) is 23.1 Å². The lowest BCUT2D eigenvalue weighted by atomic mass is 10.0. The number of anilines is 2. The Hall–Kier alpha value is -3.49. The van der Waals surface area contributed by atoms with E-state index in [1.807, 2.05) is 60.7 Å². The van der Waals surface area contributed by atoms with Gasteiger partial charge in [-0.05, 0) is 30.5 Å². The first-order valence-electron chi connectivity index (χ1n) is 10.8.